The van der Waals surface area contributed by atoms with Crippen molar-refractivity contribution in [2.75, 3.05) is 0 Å². The molecule has 0 atom stereocenters. The summed E-state index contributed by atoms with van der Waals surface area (Å²) >= 11 is 0. The summed E-state index contributed by atoms with van der Waals surface area (Å²) in [5, 5.41) is 0. The van der Waals surface area contributed by atoms with Crippen LogP contribution in [0.15, 0.2) is 36.3 Å². The Morgan fingerprint density at radius 1 is 1.27 bits per heavy atom. The van der Waals surface area contributed by atoms with Crippen molar-refractivity contribution >= 4 is 0 Å². The molecule has 84 valence electrons. The average molecular weight is 207 g/mol. The molecule has 2 N–H and O–H groups in total. The molecule has 15 heavy (non-hydrogen) atoms. The van der Waals surface area contributed by atoms with Gasteiger partial charge in [-0.05, 0) is 50.8 Å². The van der Waals surface area contributed by atoms with Gasteiger partial charge < -0.3 is 10.5 Å². The molecule has 1 aliphatic rings. The lowest BCUT2D eigenvalue weighted by Gasteiger charge is -2.23. The zero-order chi connectivity index (χ0) is 11.1. The van der Waals surface area contributed by atoms with E-state index in [1.807, 2.05) is 19.1 Å². The fourth-order valence-electron chi connectivity index (χ4n) is 1.77. The van der Waals surface area contributed by atoms with Crippen molar-refractivity contribution in [3.05, 3.63) is 36.3 Å². The van der Waals surface area contributed by atoms with Crippen LogP contribution in [0.3, 0.4) is 0 Å². The quantitative estimate of drug-likeness (QED) is 0.567. The second kappa shape index (κ2) is 6.33. The van der Waals surface area contributed by atoms with E-state index in [0.29, 0.717) is 11.8 Å². The van der Waals surface area contributed by atoms with Crippen LogP contribution < -0.4 is 5.73 Å². The molecule has 1 fully saturated rings. The number of ether oxygens (including phenoxy) is 1. The Hall–Kier alpha value is -1.18. The van der Waals surface area contributed by atoms with Gasteiger partial charge in [-0.3, -0.25) is 0 Å². The molecule has 1 rings (SSSR count). The lowest BCUT2D eigenvalue weighted by Crippen LogP contribution is -2.15. The van der Waals surface area contributed by atoms with Crippen LogP contribution in [0.25, 0.3) is 0 Å². The predicted octanol–water partition coefficient (Wildman–Crippen LogP) is 3.27. The van der Waals surface area contributed by atoms with Crippen LogP contribution in [-0.2, 0) is 4.74 Å². The van der Waals surface area contributed by atoms with E-state index < -0.39 is 0 Å². The molecule has 0 aromatic rings. The first kappa shape index (κ1) is 11.9. The molecular formula is C13H21NO. The molecule has 2 nitrogen and oxygen atoms in total. The minimum Gasteiger partial charge on any atom is -0.495 e. The Bertz CT molecular complexity index is 260. The van der Waals surface area contributed by atoms with Gasteiger partial charge in [-0.15, -0.1) is 0 Å². The molecule has 0 aromatic carbocycles. The van der Waals surface area contributed by atoms with Gasteiger partial charge in [0.05, 0.1) is 11.9 Å². The standard InChI is InChI=1S/C13H21NO/c1-3-12(14)10-9-11(2)15-13-7-5-4-6-8-13/h3,9-10,13H,1,4-8,14H2,2H3/b11-9+,12-10+. The maximum absolute atomic E-state index is 5.81. The van der Waals surface area contributed by atoms with E-state index in [2.05, 4.69) is 6.58 Å². The summed E-state index contributed by atoms with van der Waals surface area (Å²) in [6, 6.07) is 0. The number of hydrogen-bond acceptors (Lipinski definition) is 2. The third-order valence-corrected chi connectivity index (χ3v) is 2.65. The highest BCUT2D eigenvalue weighted by Crippen LogP contribution is 2.22. The Morgan fingerprint density at radius 3 is 2.53 bits per heavy atom. The highest BCUT2D eigenvalue weighted by molar-refractivity contribution is 5.19. The first-order valence-electron chi connectivity index (χ1n) is 5.65. The molecule has 0 amide bonds. The number of allylic oxidation sites excluding steroid dienone is 4. The molecule has 1 aliphatic carbocycles. The largest absolute Gasteiger partial charge is 0.495 e. The molecule has 0 unspecified atom stereocenters. The van der Waals surface area contributed by atoms with Crippen molar-refractivity contribution in [3.8, 4) is 0 Å². The molecule has 0 bridgehead atoms. The maximum atomic E-state index is 5.81. The van der Waals surface area contributed by atoms with E-state index in [1.165, 1.54) is 32.1 Å². The van der Waals surface area contributed by atoms with E-state index in [0.717, 1.165) is 5.76 Å². The second-order valence-electron chi connectivity index (χ2n) is 4.03. The fourth-order valence-corrected chi connectivity index (χ4v) is 1.77. The van der Waals surface area contributed by atoms with E-state index in [1.54, 1.807) is 6.08 Å². The molecule has 0 spiro atoms. The van der Waals surface area contributed by atoms with E-state index in [9.17, 15) is 0 Å². The van der Waals surface area contributed by atoms with Crippen LogP contribution in [0, 0.1) is 0 Å². The smallest absolute Gasteiger partial charge is 0.0982 e. The highest BCUT2D eigenvalue weighted by atomic mass is 16.5. The first-order valence-corrected chi connectivity index (χ1v) is 5.65. The van der Waals surface area contributed by atoms with E-state index in [-0.39, 0.29) is 0 Å². The molecule has 2 heteroatoms. The van der Waals surface area contributed by atoms with Gasteiger partial charge in [0.2, 0.25) is 0 Å². The Balaban J connectivity index is 2.39. The lowest BCUT2D eigenvalue weighted by molar-refractivity contribution is 0.0837. The van der Waals surface area contributed by atoms with Gasteiger partial charge in [0, 0.05) is 5.70 Å². The van der Waals surface area contributed by atoms with Crippen LogP contribution in [0.4, 0.5) is 0 Å². The van der Waals surface area contributed by atoms with Crippen LogP contribution in [0.5, 0.6) is 0 Å². The van der Waals surface area contributed by atoms with Crippen LogP contribution in [-0.4, -0.2) is 6.10 Å². The number of rotatable bonds is 4. The lowest BCUT2D eigenvalue weighted by atomic mass is 9.98. The minimum absolute atomic E-state index is 0.411. The first-order chi connectivity index (χ1) is 7.22. The SMILES string of the molecule is C=C/C(N)=C\C=C(/C)OC1CCCCC1. The molecule has 0 aliphatic heterocycles. The van der Waals surface area contributed by atoms with Gasteiger partial charge in [-0.2, -0.15) is 0 Å². The summed E-state index contributed by atoms with van der Waals surface area (Å²) in [5.74, 6) is 0.937. The molecular weight excluding hydrogens is 186 g/mol. The highest BCUT2D eigenvalue weighted by Gasteiger charge is 2.13. The van der Waals surface area contributed by atoms with Crippen LogP contribution >= 0.6 is 0 Å². The Morgan fingerprint density at radius 2 is 1.93 bits per heavy atom. The summed E-state index contributed by atoms with van der Waals surface area (Å²) < 4.78 is 5.81. The summed E-state index contributed by atoms with van der Waals surface area (Å²) in [5.41, 5.74) is 6.27. The topological polar surface area (TPSA) is 35.2 Å². The minimum atomic E-state index is 0.411. The second-order valence-corrected chi connectivity index (χ2v) is 4.03. The normalized spacial score (nSPS) is 20.1. The average Bonchev–Trinajstić information content (AvgIpc) is 2.27. The van der Waals surface area contributed by atoms with Crippen molar-refractivity contribution in [1.82, 2.24) is 0 Å². The number of nitrogens with two attached hydrogens (primary N) is 1. The van der Waals surface area contributed by atoms with Crippen molar-refractivity contribution in [3.63, 3.8) is 0 Å². The Kier molecular flexibility index (Phi) is 5.02. The van der Waals surface area contributed by atoms with Gasteiger partial charge in [0.1, 0.15) is 0 Å². The fraction of sp³-hybridized carbons (Fsp3) is 0.538. The van der Waals surface area contributed by atoms with Gasteiger partial charge >= 0.3 is 0 Å². The van der Waals surface area contributed by atoms with Gasteiger partial charge in [0.25, 0.3) is 0 Å². The predicted molar refractivity (Wildman–Crippen MR) is 64.2 cm³/mol. The third-order valence-electron chi connectivity index (χ3n) is 2.65. The zero-order valence-electron chi connectivity index (χ0n) is 9.54. The monoisotopic (exact) mass is 207 g/mol. The van der Waals surface area contributed by atoms with Crippen molar-refractivity contribution in [1.29, 1.82) is 0 Å². The van der Waals surface area contributed by atoms with Crippen LogP contribution in [0.1, 0.15) is 39.0 Å². The summed E-state index contributed by atoms with van der Waals surface area (Å²) in [6.07, 6.45) is 12.1. The summed E-state index contributed by atoms with van der Waals surface area (Å²) in [7, 11) is 0. The number of hydrogen-bond donors (Lipinski definition) is 1. The molecule has 0 aromatic heterocycles. The van der Waals surface area contributed by atoms with Gasteiger partial charge in [-0.25, -0.2) is 0 Å². The molecule has 0 radical (unpaired) electrons. The van der Waals surface area contributed by atoms with E-state index in [4.69, 9.17) is 10.5 Å². The maximum Gasteiger partial charge on any atom is 0.0982 e. The van der Waals surface area contributed by atoms with Crippen molar-refractivity contribution in [2.45, 2.75) is 45.1 Å². The van der Waals surface area contributed by atoms with Gasteiger partial charge in [0.15, 0.2) is 0 Å². The van der Waals surface area contributed by atoms with Crippen molar-refractivity contribution in [2.24, 2.45) is 5.73 Å². The van der Waals surface area contributed by atoms with E-state index >= 15 is 0 Å². The van der Waals surface area contributed by atoms with Gasteiger partial charge in [-0.1, -0.05) is 13.0 Å². The van der Waals surface area contributed by atoms with Crippen LogP contribution in [0.2, 0.25) is 0 Å². The van der Waals surface area contributed by atoms with Crippen molar-refractivity contribution < 1.29 is 4.74 Å². The summed E-state index contributed by atoms with van der Waals surface area (Å²) in [6.45, 7) is 5.56. The summed E-state index contributed by atoms with van der Waals surface area (Å²) in [4.78, 5) is 0. The zero-order valence-corrected chi connectivity index (χ0v) is 9.54. The molecule has 0 heterocycles. The molecule has 1 saturated carbocycles. The third kappa shape index (κ3) is 4.73. The molecule has 0 saturated heterocycles. The Labute approximate surface area is 92.5 Å².